The van der Waals surface area contributed by atoms with Crippen molar-refractivity contribution in [2.75, 3.05) is 18.4 Å². The molecule has 4 saturated carbocycles. The number of rotatable bonds is 6. The molecule has 4 aliphatic rings. The molecule has 0 radical (unpaired) electrons. The molecule has 0 heterocycles. The monoisotopic (exact) mass is 376 g/mol. The van der Waals surface area contributed by atoms with Crippen LogP contribution in [-0.2, 0) is 0 Å². The van der Waals surface area contributed by atoms with Gasteiger partial charge in [-0.25, -0.2) is 0 Å². The predicted molar refractivity (Wildman–Crippen MR) is 100 cm³/mol. The standard InChI is InChI=1S/C20H29BrN2/c21-17-3-1-2-4-18(17)23-8-6-20-12-15-9-16(13-20)11-19(10-15,14-20)5-7-22/h1-4,15-16,23H,5-14,22H2. The Morgan fingerprint density at radius 1 is 1.04 bits per heavy atom. The molecule has 1 aromatic carbocycles. The third-order valence-corrected chi connectivity index (χ3v) is 7.51. The quantitative estimate of drug-likeness (QED) is 0.716. The van der Waals surface area contributed by atoms with Gasteiger partial charge in [0, 0.05) is 16.7 Å². The van der Waals surface area contributed by atoms with Crippen molar-refractivity contribution < 1.29 is 0 Å². The first-order valence-electron chi connectivity index (χ1n) is 9.31. The van der Waals surface area contributed by atoms with Crippen molar-refractivity contribution in [1.29, 1.82) is 0 Å². The summed E-state index contributed by atoms with van der Waals surface area (Å²) < 4.78 is 1.17. The van der Waals surface area contributed by atoms with Gasteiger partial charge in [0.25, 0.3) is 0 Å². The van der Waals surface area contributed by atoms with E-state index in [9.17, 15) is 0 Å². The second-order valence-corrected chi connectivity index (χ2v) is 9.51. The average Bonchev–Trinajstić information content (AvgIpc) is 2.47. The Kier molecular flexibility index (Phi) is 4.21. The molecule has 0 saturated heterocycles. The fourth-order valence-corrected chi connectivity index (χ4v) is 7.03. The summed E-state index contributed by atoms with van der Waals surface area (Å²) in [5, 5.41) is 3.66. The van der Waals surface area contributed by atoms with Crippen LogP contribution in [0.15, 0.2) is 28.7 Å². The third-order valence-electron chi connectivity index (χ3n) is 6.82. The molecule has 4 fully saturated rings. The highest BCUT2D eigenvalue weighted by molar-refractivity contribution is 9.10. The number of para-hydroxylation sites is 1. The van der Waals surface area contributed by atoms with Crippen molar-refractivity contribution in [3.05, 3.63) is 28.7 Å². The van der Waals surface area contributed by atoms with E-state index in [1.807, 2.05) is 0 Å². The minimum Gasteiger partial charge on any atom is -0.384 e. The van der Waals surface area contributed by atoms with Gasteiger partial charge >= 0.3 is 0 Å². The molecule has 2 nitrogen and oxygen atoms in total. The molecule has 2 atom stereocenters. The number of hydrogen-bond acceptors (Lipinski definition) is 2. The largest absolute Gasteiger partial charge is 0.384 e. The summed E-state index contributed by atoms with van der Waals surface area (Å²) in [7, 11) is 0. The van der Waals surface area contributed by atoms with Gasteiger partial charge in [-0.15, -0.1) is 0 Å². The van der Waals surface area contributed by atoms with Crippen molar-refractivity contribution >= 4 is 21.6 Å². The Bertz CT molecular complexity index is 557. The number of halogens is 1. The van der Waals surface area contributed by atoms with Crippen LogP contribution in [0.3, 0.4) is 0 Å². The highest BCUT2D eigenvalue weighted by Crippen LogP contribution is 2.67. The maximum Gasteiger partial charge on any atom is 0.0484 e. The summed E-state index contributed by atoms with van der Waals surface area (Å²) in [5.41, 5.74) is 8.41. The van der Waals surface area contributed by atoms with E-state index in [0.29, 0.717) is 10.8 Å². The van der Waals surface area contributed by atoms with E-state index in [4.69, 9.17) is 5.73 Å². The van der Waals surface area contributed by atoms with Crippen molar-refractivity contribution in [3.8, 4) is 0 Å². The van der Waals surface area contributed by atoms with E-state index >= 15 is 0 Å². The molecule has 0 aromatic heterocycles. The van der Waals surface area contributed by atoms with Crippen LogP contribution in [0.25, 0.3) is 0 Å². The van der Waals surface area contributed by atoms with Crippen LogP contribution in [0.5, 0.6) is 0 Å². The Morgan fingerprint density at radius 3 is 2.35 bits per heavy atom. The smallest absolute Gasteiger partial charge is 0.0484 e. The van der Waals surface area contributed by atoms with E-state index in [1.54, 1.807) is 0 Å². The predicted octanol–water partition coefficient (Wildman–Crippen LogP) is 5.19. The number of nitrogens with one attached hydrogen (secondary N) is 1. The summed E-state index contributed by atoms with van der Waals surface area (Å²) >= 11 is 3.64. The Labute approximate surface area is 148 Å². The van der Waals surface area contributed by atoms with Gasteiger partial charge in [-0.1, -0.05) is 12.1 Å². The molecule has 4 aliphatic carbocycles. The number of anilines is 1. The minimum absolute atomic E-state index is 0.603. The van der Waals surface area contributed by atoms with Crippen molar-refractivity contribution in [1.82, 2.24) is 0 Å². The first-order chi connectivity index (χ1) is 11.1. The van der Waals surface area contributed by atoms with Crippen LogP contribution < -0.4 is 11.1 Å². The van der Waals surface area contributed by atoms with E-state index in [0.717, 1.165) is 24.9 Å². The van der Waals surface area contributed by atoms with Gasteiger partial charge < -0.3 is 11.1 Å². The Hall–Kier alpha value is -0.540. The van der Waals surface area contributed by atoms with Gasteiger partial charge in [-0.05, 0) is 109 Å². The topological polar surface area (TPSA) is 38.0 Å². The zero-order chi connectivity index (χ0) is 15.9. The normalized spacial score (nSPS) is 38.0. The van der Waals surface area contributed by atoms with E-state index in [-0.39, 0.29) is 0 Å². The fourth-order valence-electron chi connectivity index (χ4n) is 6.61. The van der Waals surface area contributed by atoms with Crippen LogP contribution in [-0.4, -0.2) is 13.1 Å². The maximum atomic E-state index is 5.97. The van der Waals surface area contributed by atoms with E-state index < -0.39 is 0 Å². The molecule has 4 bridgehead atoms. The van der Waals surface area contributed by atoms with Gasteiger partial charge in [0.05, 0.1) is 0 Å². The molecule has 126 valence electrons. The zero-order valence-electron chi connectivity index (χ0n) is 14.0. The van der Waals surface area contributed by atoms with E-state index in [2.05, 4.69) is 45.5 Å². The lowest BCUT2D eigenvalue weighted by Gasteiger charge is -2.62. The first kappa shape index (κ1) is 16.0. The summed E-state index contributed by atoms with van der Waals surface area (Å²) in [6.45, 7) is 1.98. The van der Waals surface area contributed by atoms with Crippen molar-refractivity contribution in [2.24, 2.45) is 28.4 Å². The first-order valence-corrected chi connectivity index (χ1v) is 10.1. The molecular formula is C20H29BrN2. The number of hydrogen-bond donors (Lipinski definition) is 2. The zero-order valence-corrected chi connectivity index (χ0v) is 15.6. The highest BCUT2D eigenvalue weighted by Gasteiger charge is 2.56. The minimum atomic E-state index is 0.603. The molecule has 23 heavy (non-hydrogen) atoms. The molecule has 2 unspecified atom stereocenters. The number of benzene rings is 1. The SMILES string of the molecule is NCCC12CC3CC(C1)CC(CCNc1ccccc1Br)(C3)C2. The molecule has 3 N–H and O–H groups in total. The van der Waals surface area contributed by atoms with Crippen molar-refractivity contribution in [3.63, 3.8) is 0 Å². The Morgan fingerprint density at radius 2 is 1.70 bits per heavy atom. The van der Waals surface area contributed by atoms with Crippen LogP contribution >= 0.6 is 15.9 Å². The molecule has 0 amide bonds. The van der Waals surface area contributed by atoms with Gasteiger partial charge in [0.1, 0.15) is 0 Å². The fraction of sp³-hybridized carbons (Fsp3) is 0.700. The van der Waals surface area contributed by atoms with Gasteiger partial charge in [-0.2, -0.15) is 0 Å². The van der Waals surface area contributed by atoms with E-state index in [1.165, 1.54) is 61.5 Å². The second-order valence-electron chi connectivity index (χ2n) is 8.66. The van der Waals surface area contributed by atoms with Crippen LogP contribution in [0, 0.1) is 22.7 Å². The molecule has 5 rings (SSSR count). The lowest BCUT2D eigenvalue weighted by Crippen LogP contribution is -2.52. The van der Waals surface area contributed by atoms with Crippen LogP contribution in [0.1, 0.15) is 51.4 Å². The van der Waals surface area contributed by atoms with Gasteiger partial charge in [0.15, 0.2) is 0 Å². The molecular weight excluding hydrogens is 348 g/mol. The van der Waals surface area contributed by atoms with Crippen molar-refractivity contribution in [2.45, 2.75) is 51.4 Å². The summed E-state index contributed by atoms with van der Waals surface area (Å²) in [5.74, 6) is 1.98. The van der Waals surface area contributed by atoms with Crippen LogP contribution in [0.2, 0.25) is 0 Å². The molecule has 1 aromatic rings. The third kappa shape index (κ3) is 3.07. The van der Waals surface area contributed by atoms with Gasteiger partial charge in [0.2, 0.25) is 0 Å². The lowest BCUT2D eigenvalue weighted by molar-refractivity contribution is -0.114. The molecule has 0 aliphatic heterocycles. The number of nitrogens with two attached hydrogens (primary N) is 1. The highest BCUT2D eigenvalue weighted by atomic mass is 79.9. The summed E-state index contributed by atoms with van der Waals surface area (Å²) in [6.07, 6.45) is 11.4. The maximum absolute atomic E-state index is 5.97. The Balaban J connectivity index is 1.43. The average molecular weight is 377 g/mol. The summed E-state index contributed by atoms with van der Waals surface area (Å²) in [6, 6.07) is 8.46. The molecule has 0 spiro atoms. The lowest BCUT2D eigenvalue weighted by atomic mass is 9.43. The second kappa shape index (κ2) is 6.07. The van der Waals surface area contributed by atoms with Gasteiger partial charge in [-0.3, -0.25) is 0 Å². The molecule has 3 heteroatoms. The summed E-state index contributed by atoms with van der Waals surface area (Å²) in [4.78, 5) is 0. The van der Waals surface area contributed by atoms with Crippen LogP contribution in [0.4, 0.5) is 5.69 Å².